The lowest BCUT2D eigenvalue weighted by molar-refractivity contribution is 0.0694. The molecule has 86 valence electrons. The molecule has 0 bridgehead atoms. The molecule has 2 aromatic carbocycles. The van der Waals surface area contributed by atoms with Crippen LogP contribution in [0, 0.1) is 3.57 Å². The van der Waals surface area contributed by atoms with Crippen molar-refractivity contribution in [3.05, 3.63) is 57.7 Å². The van der Waals surface area contributed by atoms with Gasteiger partial charge in [-0.1, -0.05) is 24.3 Å². The van der Waals surface area contributed by atoms with Gasteiger partial charge < -0.3 is 9.84 Å². The van der Waals surface area contributed by atoms with E-state index in [4.69, 9.17) is 9.84 Å². The Hall–Kier alpha value is -1.56. The van der Waals surface area contributed by atoms with E-state index in [-0.39, 0.29) is 5.56 Å². The molecule has 0 fully saturated rings. The van der Waals surface area contributed by atoms with Gasteiger partial charge in [0.1, 0.15) is 17.1 Å². The smallest absolute Gasteiger partial charge is 0.339 e. The zero-order chi connectivity index (χ0) is 12.3. The van der Waals surface area contributed by atoms with E-state index in [0.29, 0.717) is 11.5 Å². The van der Waals surface area contributed by atoms with Gasteiger partial charge in [0, 0.05) is 0 Å². The van der Waals surface area contributed by atoms with Crippen LogP contribution in [0.4, 0.5) is 0 Å². The summed E-state index contributed by atoms with van der Waals surface area (Å²) in [6.45, 7) is 0. The number of ether oxygens (including phenoxy) is 1. The third-order valence-corrected chi connectivity index (χ3v) is 3.07. The van der Waals surface area contributed by atoms with Crippen molar-refractivity contribution >= 4 is 28.6 Å². The molecule has 0 amide bonds. The van der Waals surface area contributed by atoms with Gasteiger partial charge in [0.2, 0.25) is 0 Å². The SMILES string of the molecule is O=C(O)c1ccccc1Oc1ccccc1I. The topological polar surface area (TPSA) is 46.5 Å². The fourth-order valence-corrected chi connectivity index (χ4v) is 1.88. The second kappa shape index (κ2) is 5.18. The summed E-state index contributed by atoms with van der Waals surface area (Å²) >= 11 is 2.14. The summed E-state index contributed by atoms with van der Waals surface area (Å²) in [5.74, 6) is 0.0115. The molecule has 0 unspecified atom stereocenters. The number of carboxylic acids is 1. The monoisotopic (exact) mass is 340 g/mol. The van der Waals surface area contributed by atoms with Crippen molar-refractivity contribution < 1.29 is 14.6 Å². The Kier molecular flexibility index (Phi) is 3.63. The van der Waals surface area contributed by atoms with Crippen molar-refractivity contribution in [3.8, 4) is 11.5 Å². The Bertz CT molecular complexity index is 552. The summed E-state index contributed by atoms with van der Waals surface area (Å²) in [6.07, 6.45) is 0. The first-order chi connectivity index (χ1) is 8.18. The van der Waals surface area contributed by atoms with Gasteiger partial charge in [-0.2, -0.15) is 0 Å². The van der Waals surface area contributed by atoms with E-state index in [9.17, 15) is 4.79 Å². The minimum absolute atomic E-state index is 0.159. The predicted octanol–water partition coefficient (Wildman–Crippen LogP) is 3.78. The van der Waals surface area contributed by atoms with Crippen LogP contribution in [0.25, 0.3) is 0 Å². The quantitative estimate of drug-likeness (QED) is 0.865. The molecule has 0 aliphatic heterocycles. The summed E-state index contributed by atoms with van der Waals surface area (Å²) in [5, 5.41) is 9.03. The molecule has 17 heavy (non-hydrogen) atoms. The fraction of sp³-hybridized carbons (Fsp3) is 0. The number of rotatable bonds is 3. The van der Waals surface area contributed by atoms with E-state index in [1.54, 1.807) is 24.3 Å². The van der Waals surface area contributed by atoms with E-state index in [0.717, 1.165) is 3.57 Å². The highest BCUT2D eigenvalue weighted by Gasteiger charge is 2.11. The van der Waals surface area contributed by atoms with Crippen molar-refractivity contribution in [2.45, 2.75) is 0 Å². The van der Waals surface area contributed by atoms with Crippen LogP contribution in [0.3, 0.4) is 0 Å². The number of benzene rings is 2. The van der Waals surface area contributed by atoms with Crippen LogP contribution >= 0.6 is 22.6 Å². The second-order valence-electron chi connectivity index (χ2n) is 3.33. The maximum absolute atomic E-state index is 11.0. The third-order valence-electron chi connectivity index (χ3n) is 2.17. The molecule has 0 saturated heterocycles. The van der Waals surface area contributed by atoms with Crippen molar-refractivity contribution in [1.82, 2.24) is 0 Å². The van der Waals surface area contributed by atoms with Gasteiger partial charge >= 0.3 is 5.97 Å². The van der Waals surface area contributed by atoms with Crippen molar-refractivity contribution in [1.29, 1.82) is 0 Å². The highest BCUT2D eigenvalue weighted by molar-refractivity contribution is 14.1. The summed E-state index contributed by atoms with van der Waals surface area (Å²) in [7, 11) is 0. The largest absolute Gasteiger partial charge is 0.478 e. The highest BCUT2D eigenvalue weighted by atomic mass is 127. The first-order valence-corrected chi connectivity index (χ1v) is 6.01. The average molecular weight is 340 g/mol. The van der Waals surface area contributed by atoms with Crippen molar-refractivity contribution in [3.63, 3.8) is 0 Å². The zero-order valence-electron chi connectivity index (χ0n) is 8.76. The van der Waals surface area contributed by atoms with Gasteiger partial charge in [-0.05, 0) is 46.9 Å². The van der Waals surface area contributed by atoms with Crippen LogP contribution < -0.4 is 4.74 Å². The van der Waals surface area contributed by atoms with Crippen LogP contribution in [0.1, 0.15) is 10.4 Å². The molecule has 2 aromatic rings. The standard InChI is InChI=1S/C13H9IO3/c14-10-6-2-4-8-12(10)17-11-7-3-1-5-9(11)13(15)16/h1-8H,(H,15,16). The average Bonchev–Trinajstić information content (AvgIpc) is 2.32. The molecule has 2 rings (SSSR count). The molecule has 0 aromatic heterocycles. The van der Waals surface area contributed by atoms with Gasteiger partial charge in [0.25, 0.3) is 0 Å². The minimum atomic E-state index is -0.994. The van der Waals surface area contributed by atoms with Crippen LogP contribution in [0.5, 0.6) is 11.5 Å². The van der Waals surface area contributed by atoms with Gasteiger partial charge in [-0.3, -0.25) is 0 Å². The summed E-state index contributed by atoms with van der Waals surface area (Å²) in [4.78, 5) is 11.0. The number of hydrogen-bond acceptors (Lipinski definition) is 2. The van der Waals surface area contributed by atoms with Crippen LogP contribution in [0.2, 0.25) is 0 Å². The Labute approximate surface area is 112 Å². The molecule has 1 N–H and O–H groups in total. The Morgan fingerprint density at radius 1 is 1.00 bits per heavy atom. The maximum atomic E-state index is 11.0. The molecule has 0 radical (unpaired) electrons. The summed E-state index contributed by atoms with van der Waals surface area (Å²) in [6, 6.07) is 14.0. The first-order valence-electron chi connectivity index (χ1n) is 4.93. The number of para-hydroxylation sites is 2. The molecular formula is C13H9IO3. The summed E-state index contributed by atoms with van der Waals surface area (Å²) < 4.78 is 6.55. The lowest BCUT2D eigenvalue weighted by atomic mass is 10.2. The normalized spacial score (nSPS) is 9.94. The van der Waals surface area contributed by atoms with Crippen LogP contribution in [0.15, 0.2) is 48.5 Å². The summed E-state index contributed by atoms with van der Waals surface area (Å²) in [5.41, 5.74) is 0.159. The second-order valence-corrected chi connectivity index (χ2v) is 4.50. The van der Waals surface area contributed by atoms with Crippen LogP contribution in [-0.4, -0.2) is 11.1 Å². The third kappa shape index (κ3) is 2.76. The minimum Gasteiger partial charge on any atom is -0.478 e. The van der Waals surface area contributed by atoms with Gasteiger partial charge in [0.15, 0.2) is 0 Å². The number of halogens is 1. The van der Waals surface area contributed by atoms with Crippen molar-refractivity contribution in [2.24, 2.45) is 0 Å². The lowest BCUT2D eigenvalue weighted by Crippen LogP contribution is -1.99. The zero-order valence-corrected chi connectivity index (χ0v) is 10.9. The lowest BCUT2D eigenvalue weighted by Gasteiger charge is -2.09. The van der Waals surface area contributed by atoms with Gasteiger partial charge in [-0.25, -0.2) is 4.79 Å². The maximum Gasteiger partial charge on any atom is 0.339 e. The molecule has 0 aliphatic rings. The first kappa shape index (κ1) is 11.9. The molecule has 0 saturated carbocycles. The number of aromatic carboxylic acids is 1. The molecule has 3 nitrogen and oxygen atoms in total. The van der Waals surface area contributed by atoms with Crippen molar-refractivity contribution in [2.75, 3.05) is 0 Å². The number of carbonyl (C=O) groups is 1. The Morgan fingerprint density at radius 2 is 1.59 bits per heavy atom. The Morgan fingerprint density at radius 3 is 2.24 bits per heavy atom. The predicted molar refractivity (Wildman–Crippen MR) is 72.6 cm³/mol. The van der Waals surface area contributed by atoms with Crippen LogP contribution in [-0.2, 0) is 0 Å². The van der Waals surface area contributed by atoms with Gasteiger partial charge in [-0.15, -0.1) is 0 Å². The Balaban J connectivity index is 2.37. The fourth-order valence-electron chi connectivity index (χ4n) is 1.38. The van der Waals surface area contributed by atoms with E-state index in [1.165, 1.54) is 6.07 Å². The number of carboxylic acid groups (broad SMARTS) is 1. The van der Waals surface area contributed by atoms with E-state index in [2.05, 4.69) is 22.6 Å². The molecule has 0 aliphatic carbocycles. The molecular weight excluding hydrogens is 331 g/mol. The molecule has 0 atom stereocenters. The van der Waals surface area contributed by atoms with Gasteiger partial charge in [0.05, 0.1) is 3.57 Å². The van der Waals surface area contributed by atoms with E-state index >= 15 is 0 Å². The highest BCUT2D eigenvalue weighted by Crippen LogP contribution is 2.28. The van der Waals surface area contributed by atoms with E-state index in [1.807, 2.05) is 18.2 Å². The molecule has 4 heteroatoms. The number of hydrogen-bond donors (Lipinski definition) is 1. The molecule has 0 spiro atoms. The van der Waals surface area contributed by atoms with E-state index < -0.39 is 5.97 Å². The molecule has 0 heterocycles.